The largest absolute Gasteiger partial charge is 0.481 e. The van der Waals surface area contributed by atoms with Crippen molar-refractivity contribution in [1.29, 1.82) is 0 Å². The molecule has 33 heavy (non-hydrogen) atoms. The van der Waals surface area contributed by atoms with Gasteiger partial charge in [0, 0.05) is 24.9 Å². The minimum atomic E-state index is -1.01. The van der Waals surface area contributed by atoms with Gasteiger partial charge in [-0.05, 0) is 47.9 Å². The number of hydrogen-bond donors (Lipinski definition) is 2. The van der Waals surface area contributed by atoms with Crippen molar-refractivity contribution in [2.45, 2.75) is 51.1 Å². The van der Waals surface area contributed by atoms with E-state index in [1.807, 2.05) is 43.3 Å². The smallest absolute Gasteiger partial charge is 0.407 e. The lowest BCUT2D eigenvalue weighted by Gasteiger charge is -2.27. The SMILES string of the molecule is CC1CC(C)N(C(=O)C(CCC(=O)O)NC(=O)OCC2c3ccccc3-c3ccccc32)C1. The van der Waals surface area contributed by atoms with Crippen LogP contribution in [0.5, 0.6) is 0 Å². The number of fused-ring (bicyclic) bond motifs is 3. The Bertz CT molecular complexity index is 1010. The van der Waals surface area contributed by atoms with Gasteiger partial charge in [-0.3, -0.25) is 9.59 Å². The number of nitrogens with one attached hydrogen (secondary N) is 1. The van der Waals surface area contributed by atoms with Gasteiger partial charge in [-0.1, -0.05) is 55.5 Å². The molecule has 1 fully saturated rings. The van der Waals surface area contributed by atoms with Crippen LogP contribution in [0.25, 0.3) is 11.1 Å². The summed E-state index contributed by atoms with van der Waals surface area (Å²) in [7, 11) is 0. The first-order valence-electron chi connectivity index (χ1n) is 11.5. The van der Waals surface area contributed by atoms with E-state index in [1.165, 1.54) is 0 Å². The van der Waals surface area contributed by atoms with E-state index in [4.69, 9.17) is 9.84 Å². The molecule has 2 aliphatic rings. The quantitative estimate of drug-likeness (QED) is 0.664. The van der Waals surface area contributed by atoms with Crippen molar-refractivity contribution in [2.24, 2.45) is 5.92 Å². The lowest BCUT2D eigenvalue weighted by atomic mass is 9.98. The van der Waals surface area contributed by atoms with Gasteiger partial charge in [0.05, 0.1) is 0 Å². The number of carboxylic acid groups (broad SMARTS) is 1. The summed E-state index contributed by atoms with van der Waals surface area (Å²) in [5.74, 6) is -0.971. The summed E-state index contributed by atoms with van der Waals surface area (Å²) in [5.41, 5.74) is 4.47. The fourth-order valence-electron chi connectivity index (χ4n) is 5.11. The number of hydrogen-bond acceptors (Lipinski definition) is 4. The van der Waals surface area contributed by atoms with E-state index in [0.717, 1.165) is 28.7 Å². The third-order valence-electron chi connectivity index (χ3n) is 6.65. The van der Waals surface area contributed by atoms with Crippen molar-refractivity contribution in [3.05, 3.63) is 59.7 Å². The number of carbonyl (C=O) groups excluding carboxylic acids is 2. The Hall–Kier alpha value is -3.35. The number of amides is 2. The number of rotatable bonds is 7. The molecule has 0 aromatic heterocycles. The van der Waals surface area contributed by atoms with Crippen LogP contribution in [0.1, 0.15) is 50.2 Å². The first-order valence-corrected chi connectivity index (χ1v) is 11.5. The molecule has 1 saturated heterocycles. The molecule has 7 heteroatoms. The molecule has 1 aliphatic heterocycles. The van der Waals surface area contributed by atoms with Crippen molar-refractivity contribution in [3.8, 4) is 11.1 Å². The maximum absolute atomic E-state index is 13.1. The molecule has 2 N–H and O–H groups in total. The third-order valence-corrected chi connectivity index (χ3v) is 6.65. The Balaban J connectivity index is 1.43. The van der Waals surface area contributed by atoms with Gasteiger partial charge in [0.25, 0.3) is 0 Å². The van der Waals surface area contributed by atoms with Gasteiger partial charge in [-0.25, -0.2) is 4.79 Å². The normalized spacial score (nSPS) is 20.1. The number of carboxylic acids is 1. The minimum Gasteiger partial charge on any atom is -0.481 e. The molecule has 4 rings (SSSR count). The summed E-state index contributed by atoms with van der Waals surface area (Å²) in [6.45, 7) is 4.80. The molecule has 0 spiro atoms. The lowest BCUT2D eigenvalue weighted by Crippen LogP contribution is -2.50. The summed E-state index contributed by atoms with van der Waals surface area (Å²) in [6, 6.07) is 15.3. The van der Waals surface area contributed by atoms with Crippen LogP contribution in [0, 0.1) is 5.92 Å². The Morgan fingerprint density at radius 1 is 1.06 bits per heavy atom. The topological polar surface area (TPSA) is 95.9 Å². The second kappa shape index (κ2) is 9.65. The van der Waals surface area contributed by atoms with Crippen molar-refractivity contribution in [1.82, 2.24) is 10.2 Å². The molecular weight excluding hydrogens is 420 g/mol. The van der Waals surface area contributed by atoms with E-state index < -0.39 is 18.1 Å². The van der Waals surface area contributed by atoms with E-state index in [2.05, 4.69) is 24.4 Å². The van der Waals surface area contributed by atoms with Crippen LogP contribution >= 0.6 is 0 Å². The Morgan fingerprint density at radius 3 is 2.21 bits per heavy atom. The zero-order chi connectivity index (χ0) is 23.5. The van der Waals surface area contributed by atoms with Gasteiger partial charge in [0.15, 0.2) is 0 Å². The first-order chi connectivity index (χ1) is 15.8. The lowest BCUT2D eigenvalue weighted by molar-refractivity contribution is -0.138. The number of likely N-dealkylation sites (tertiary alicyclic amines) is 1. The highest BCUT2D eigenvalue weighted by atomic mass is 16.5. The summed E-state index contributed by atoms with van der Waals surface area (Å²) >= 11 is 0. The van der Waals surface area contributed by atoms with E-state index in [0.29, 0.717) is 12.5 Å². The summed E-state index contributed by atoms with van der Waals surface area (Å²) in [6.07, 6.45) is -0.00337. The van der Waals surface area contributed by atoms with Crippen molar-refractivity contribution in [3.63, 3.8) is 0 Å². The van der Waals surface area contributed by atoms with Crippen LogP contribution in [0.3, 0.4) is 0 Å². The number of benzene rings is 2. The monoisotopic (exact) mass is 450 g/mol. The molecule has 0 bridgehead atoms. The highest BCUT2D eigenvalue weighted by Gasteiger charge is 2.35. The van der Waals surface area contributed by atoms with Crippen LogP contribution in [0.2, 0.25) is 0 Å². The molecule has 0 saturated carbocycles. The van der Waals surface area contributed by atoms with Gasteiger partial charge in [0.1, 0.15) is 12.6 Å². The van der Waals surface area contributed by atoms with Gasteiger partial charge in [-0.2, -0.15) is 0 Å². The van der Waals surface area contributed by atoms with Gasteiger partial charge < -0.3 is 20.1 Å². The predicted octanol–water partition coefficient (Wildman–Crippen LogP) is 4.02. The molecule has 1 heterocycles. The summed E-state index contributed by atoms with van der Waals surface area (Å²) in [4.78, 5) is 38.6. The van der Waals surface area contributed by atoms with Crippen LogP contribution in [0.15, 0.2) is 48.5 Å². The fraction of sp³-hybridized carbons (Fsp3) is 0.423. The molecule has 3 unspecified atom stereocenters. The van der Waals surface area contributed by atoms with Gasteiger partial charge >= 0.3 is 12.1 Å². The van der Waals surface area contributed by atoms with Crippen LogP contribution < -0.4 is 5.32 Å². The number of nitrogens with zero attached hydrogens (tertiary/aromatic N) is 1. The zero-order valence-corrected chi connectivity index (χ0v) is 19.0. The second-order valence-corrected chi connectivity index (χ2v) is 9.14. The van der Waals surface area contributed by atoms with Gasteiger partial charge in [0.2, 0.25) is 5.91 Å². The minimum absolute atomic E-state index is 0.0238. The summed E-state index contributed by atoms with van der Waals surface area (Å²) in [5, 5.41) is 11.7. The van der Waals surface area contributed by atoms with Crippen LogP contribution in [-0.2, 0) is 14.3 Å². The first kappa shape index (κ1) is 22.8. The molecule has 1 aliphatic carbocycles. The van der Waals surface area contributed by atoms with Crippen LogP contribution in [0.4, 0.5) is 4.79 Å². The molecule has 2 amide bonds. The number of alkyl carbamates (subject to hydrolysis) is 1. The summed E-state index contributed by atoms with van der Waals surface area (Å²) < 4.78 is 5.57. The molecule has 2 aromatic rings. The number of carbonyl (C=O) groups is 3. The Morgan fingerprint density at radius 2 is 1.67 bits per heavy atom. The van der Waals surface area contributed by atoms with E-state index in [9.17, 15) is 14.4 Å². The van der Waals surface area contributed by atoms with Crippen molar-refractivity contribution in [2.75, 3.05) is 13.2 Å². The van der Waals surface area contributed by atoms with E-state index in [1.54, 1.807) is 4.90 Å². The van der Waals surface area contributed by atoms with Crippen LogP contribution in [-0.4, -0.2) is 53.2 Å². The zero-order valence-electron chi connectivity index (χ0n) is 19.0. The average Bonchev–Trinajstić information content (AvgIpc) is 3.30. The number of ether oxygens (including phenoxy) is 1. The molecule has 174 valence electrons. The predicted molar refractivity (Wildman–Crippen MR) is 124 cm³/mol. The Kier molecular flexibility index (Phi) is 6.67. The highest BCUT2D eigenvalue weighted by Crippen LogP contribution is 2.44. The Labute approximate surface area is 193 Å². The average molecular weight is 451 g/mol. The molecular formula is C26H30N2O5. The van der Waals surface area contributed by atoms with E-state index in [-0.39, 0.29) is 37.3 Å². The number of aliphatic carboxylic acids is 1. The van der Waals surface area contributed by atoms with Crippen molar-refractivity contribution < 1.29 is 24.2 Å². The fourth-order valence-corrected chi connectivity index (χ4v) is 5.11. The molecule has 2 aromatic carbocycles. The molecule has 7 nitrogen and oxygen atoms in total. The highest BCUT2D eigenvalue weighted by molar-refractivity contribution is 5.87. The second-order valence-electron chi connectivity index (χ2n) is 9.14. The molecule has 0 radical (unpaired) electrons. The van der Waals surface area contributed by atoms with E-state index >= 15 is 0 Å². The third kappa shape index (κ3) is 4.87. The molecule has 3 atom stereocenters. The maximum Gasteiger partial charge on any atom is 0.407 e. The van der Waals surface area contributed by atoms with Crippen molar-refractivity contribution >= 4 is 18.0 Å². The standard InChI is InChI=1S/C26H30N2O5/c1-16-13-17(2)28(14-16)25(31)23(11-12-24(29)30)27-26(32)33-15-22-20-9-5-3-7-18(20)19-8-4-6-10-21(19)22/h3-10,16-17,22-23H,11-15H2,1-2H3,(H,27,32)(H,29,30). The van der Waals surface area contributed by atoms with Gasteiger partial charge in [-0.15, -0.1) is 0 Å². The maximum atomic E-state index is 13.1.